The van der Waals surface area contributed by atoms with Crippen LogP contribution in [-0.4, -0.2) is 12.6 Å². The predicted octanol–water partition coefficient (Wildman–Crippen LogP) is 1.09. The van der Waals surface area contributed by atoms with Gasteiger partial charge in [0.25, 0.3) is 0 Å². The van der Waals surface area contributed by atoms with E-state index in [0.717, 1.165) is 24.3 Å². The lowest BCUT2D eigenvalue weighted by atomic mass is 9.89. The van der Waals surface area contributed by atoms with Crippen molar-refractivity contribution in [2.24, 2.45) is 23.5 Å². The third kappa shape index (κ3) is 1.40. The normalized spacial score (nSPS) is 38.5. The van der Waals surface area contributed by atoms with Gasteiger partial charge in [-0.05, 0) is 37.0 Å². The summed E-state index contributed by atoms with van der Waals surface area (Å²) >= 11 is 0. The van der Waals surface area contributed by atoms with Crippen LogP contribution >= 0.6 is 0 Å². The Morgan fingerprint density at radius 3 is 2.75 bits per heavy atom. The molecule has 0 aromatic heterocycles. The second kappa shape index (κ2) is 2.96. The van der Waals surface area contributed by atoms with E-state index in [9.17, 15) is 4.79 Å². The Balaban J connectivity index is 1.79. The Kier molecular flexibility index (Phi) is 1.95. The van der Waals surface area contributed by atoms with E-state index in [0.29, 0.717) is 0 Å². The van der Waals surface area contributed by atoms with Gasteiger partial charge in [-0.15, -0.1) is 0 Å². The molecule has 2 saturated carbocycles. The molecule has 0 radical (unpaired) electrons. The van der Waals surface area contributed by atoms with Gasteiger partial charge in [-0.2, -0.15) is 0 Å². The zero-order valence-corrected chi connectivity index (χ0v) is 7.25. The Bertz CT molecular complexity index is 193. The minimum Gasteiger partial charge on any atom is -0.352 e. The highest BCUT2D eigenvalue weighted by molar-refractivity contribution is 5.71. The monoisotopic (exact) mass is 168 g/mol. The SMILES string of the molecule is NC(=O)NCC1CC2CCC1C2. The van der Waals surface area contributed by atoms with E-state index >= 15 is 0 Å². The van der Waals surface area contributed by atoms with Gasteiger partial charge in [-0.25, -0.2) is 4.79 Å². The molecule has 12 heavy (non-hydrogen) atoms. The maximum absolute atomic E-state index is 10.5. The van der Waals surface area contributed by atoms with Crippen LogP contribution in [0.4, 0.5) is 4.79 Å². The van der Waals surface area contributed by atoms with Crippen LogP contribution in [0.25, 0.3) is 0 Å². The molecular weight excluding hydrogens is 152 g/mol. The fraction of sp³-hybridized carbons (Fsp3) is 0.889. The minimum atomic E-state index is -0.377. The van der Waals surface area contributed by atoms with Gasteiger partial charge in [0.15, 0.2) is 0 Å². The number of carbonyl (C=O) groups excluding carboxylic acids is 1. The molecule has 2 fully saturated rings. The lowest BCUT2D eigenvalue weighted by Gasteiger charge is -2.21. The van der Waals surface area contributed by atoms with Crippen molar-refractivity contribution in [3.05, 3.63) is 0 Å². The number of amides is 2. The van der Waals surface area contributed by atoms with Crippen LogP contribution in [0.3, 0.4) is 0 Å². The molecule has 2 amide bonds. The summed E-state index contributed by atoms with van der Waals surface area (Å²) in [5, 5.41) is 2.71. The summed E-state index contributed by atoms with van der Waals surface area (Å²) < 4.78 is 0. The van der Waals surface area contributed by atoms with Crippen molar-refractivity contribution in [3.63, 3.8) is 0 Å². The summed E-state index contributed by atoms with van der Waals surface area (Å²) in [6.07, 6.45) is 5.49. The zero-order valence-electron chi connectivity index (χ0n) is 7.25. The van der Waals surface area contributed by atoms with Gasteiger partial charge in [-0.1, -0.05) is 6.42 Å². The standard InChI is InChI=1S/C9H16N2O/c10-9(12)11-5-8-4-6-1-2-7(8)3-6/h6-8H,1-5H2,(H3,10,11,12). The molecule has 0 aromatic carbocycles. The first-order valence-electron chi connectivity index (χ1n) is 4.79. The molecule has 3 N–H and O–H groups in total. The average Bonchev–Trinajstić information content (AvgIpc) is 2.60. The van der Waals surface area contributed by atoms with Crippen molar-refractivity contribution in [2.45, 2.75) is 25.7 Å². The molecule has 68 valence electrons. The molecule has 2 aliphatic rings. The molecule has 2 aliphatic carbocycles. The topological polar surface area (TPSA) is 55.1 Å². The van der Waals surface area contributed by atoms with Crippen LogP contribution in [0.5, 0.6) is 0 Å². The number of hydrogen-bond acceptors (Lipinski definition) is 1. The quantitative estimate of drug-likeness (QED) is 0.637. The van der Waals surface area contributed by atoms with Crippen LogP contribution in [0.15, 0.2) is 0 Å². The van der Waals surface area contributed by atoms with E-state index in [-0.39, 0.29) is 6.03 Å². The van der Waals surface area contributed by atoms with E-state index in [1.54, 1.807) is 0 Å². The summed E-state index contributed by atoms with van der Waals surface area (Å²) in [5.74, 6) is 2.55. The molecule has 0 saturated heterocycles. The lowest BCUT2D eigenvalue weighted by molar-refractivity contribution is 0.242. The fourth-order valence-corrected chi connectivity index (χ4v) is 2.86. The van der Waals surface area contributed by atoms with Crippen molar-refractivity contribution < 1.29 is 4.79 Å². The van der Waals surface area contributed by atoms with E-state index in [2.05, 4.69) is 5.32 Å². The highest BCUT2D eigenvalue weighted by Gasteiger charge is 2.39. The third-order valence-electron chi connectivity index (χ3n) is 3.42. The maximum Gasteiger partial charge on any atom is 0.312 e. The van der Waals surface area contributed by atoms with Crippen molar-refractivity contribution in [1.29, 1.82) is 0 Å². The zero-order chi connectivity index (χ0) is 8.55. The number of fused-ring (bicyclic) bond motifs is 2. The van der Waals surface area contributed by atoms with Crippen molar-refractivity contribution in [2.75, 3.05) is 6.54 Å². The van der Waals surface area contributed by atoms with Gasteiger partial charge in [0, 0.05) is 6.54 Å². The van der Waals surface area contributed by atoms with Gasteiger partial charge in [0.05, 0.1) is 0 Å². The Hall–Kier alpha value is -0.730. The molecule has 0 aliphatic heterocycles. The van der Waals surface area contributed by atoms with Crippen LogP contribution in [0, 0.1) is 17.8 Å². The summed E-state index contributed by atoms with van der Waals surface area (Å²) in [6.45, 7) is 0.802. The van der Waals surface area contributed by atoms with Crippen LogP contribution in [0.1, 0.15) is 25.7 Å². The second-order valence-electron chi connectivity index (χ2n) is 4.18. The van der Waals surface area contributed by atoms with Crippen LogP contribution < -0.4 is 11.1 Å². The number of carbonyl (C=O) groups is 1. The molecule has 3 heteroatoms. The van der Waals surface area contributed by atoms with Gasteiger partial charge >= 0.3 is 6.03 Å². The van der Waals surface area contributed by atoms with Gasteiger partial charge in [0.1, 0.15) is 0 Å². The number of urea groups is 1. The first kappa shape index (κ1) is 7.90. The van der Waals surface area contributed by atoms with Crippen LogP contribution in [0.2, 0.25) is 0 Å². The summed E-state index contributed by atoms with van der Waals surface area (Å²) in [7, 11) is 0. The number of nitrogens with two attached hydrogens (primary N) is 1. The van der Waals surface area contributed by atoms with Crippen LogP contribution in [-0.2, 0) is 0 Å². The fourth-order valence-electron chi connectivity index (χ4n) is 2.86. The van der Waals surface area contributed by atoms with E-state index in [4.69, 9.17) is 5.73 Å². The van der Waals surface area contributed by atoms with E-state index in [1.165, 1.54) is 25.7 Å². The number of rotatable bonds is 2. The molecule has 0 aromatic rings. The summed E-state index contributed by atoms with van der Waals surface area (Å²) in [4.78, 5) is 10.5. The second-order valence-corrected chi connectivity index (χ2v) is 4.18. The number of nitrogens with one attached hydrogen (secondary N) is 1. The van der Waals surface area contributed by atoms with Gasteiger partial charge in [0.2, 0.25) is 0 Å². The van der Waals surface area contributed by atoms with Crippen molar-refractivity contribution in [3.8, 4) is 0 Å². The molecule has 2 rings (SSSR count). The molecule has 2 bridgehead atoms. The predicted molar refractivity (Wildman–Crippen MR) is 46.5 cm³/mol. The van der Waals surface area contributed by atoms with Gasteiger partial charge < -0.3 is 11.1 Å². The maximum atomic E-state index is 10.5. The molecule has 3 nitrogen and oxygen atoms in total. The smallest absolute Gasteiger partial charge is 0.312 e. The first-order valence-corrected chi connectivity index (χ1v) is 4.79. The van der Waals surface area contributed by atoms with E-state index < -0.39 is 0 Å². The average molecular weight is 168 g/mol. The number of hydrogen-bond donors (Lipinski definition) is 2. The lowest BCUT2D eigenvalue weighted by Crippen LogP contribution is -2.35. The summed E-state index contributed by atoms with van der Waals surface area (Å²) in [5.41, 5.74) is 5.02. The molecule has 0 heterocycles. The van der Waals surface area contributed by atoms with Gasteiger partial charge in [-0.3, -0.25) is 0 Å². The summed E-state index contributed by atoms with van der Waals surface area (Å²) in [6, 6.07) is -0.377. The van der Waals surface area contributed by atoms with Crippen molar-refractivity contribution >= 4 is 6.03 Å². The van der Waals surface area contributed by atoms with E-state index in [1.807, 2.05) is 0 Å². The Morgan fingerprint density at radius 2 is 2.25 bits per heavy atom. The largest absolute Gasteiger partial charge is 0.352 e. The molecule has 3 atom stereocenters. The number of primary amides is 1. The molecule has 3 unspecified atom stereocenters. The highest BCUT2D eigenvalue weighted by Crippen LogP contribution is 2.47. The highest BCUT2D eigenvalue weighted by atomic mass is 16.2. The van der Waals surface area contributed by atoms with Crippen molar-refractivity contribution in [1.82, 2.24) is 5.32 Å². The third-order valence-corrected chi connectivity index (χ3v) is 3.42. The Morgan fingerprint density at radius 1 is 1.42 bits per heavy atom. The minimum absolute atomic E-state index is 0.377. The molecular formula is C9H16N2O. The first-order chi connectivity index (χ1) is 5.75. The molecule has 0 spiro atoms. The Labute approximate surface area is 72.7 Å².